The Balaban J connectivity index is 1.76. The zero-order chi connectivity index (χ0) is 15.9. The number of hydrogen-bond acceptors (Lipinski definition) is 2. The molecule has 2 aromatic rings. The lowest BCUT2D eigenvalue weighted by molar-refractivity contribution is 0.885. The summed E-state index contributed by atoms with van der Waals surface area (Å²) in [6.07, 6.45) is 0. The Morgan fingerprint density at radius 3 is 1.27 bits per heavy atom. The van der Waals surface area contributed by atoms with Crippen molar-refractivity contribution in [3.05, 3.63) is 57.5 Å². The van der Waals surface area contributed by atoms with E-state index in [1.807, 2.05) is 48.5 Å². The van der Waals surface area contributed by atoms with Gasteiger partial charge < -0.3 is 10.6 Å². The van der Waals surface area contributed by atoms with Crippen molar-refractivity contribution in [1.82, 2.24) is 10.9 Å². The van der Waals surface area contributed by atoms with E-state index < -0.39 is 0 Å². The molecular weight excluding hydrogens is 448 g/mol. The zero-order valence-corrected chi connectivity index (χ0v) is 16.0. The number of nitrogens with one attached hydrogen (secondary N) is 4. The molecule has 0 aliphatic heterocycles. The summed E-state index contributed by atoms with van der Waals surface area (Å²) in [5.41, 5.74) is 7.41. The molecule has 114 valence electrons. The Hall–Kier alpha value is -1.22. The van der Waals surface area contributed by atoms with Crippen LogP contribution < -0.4 is 21.5 Å². The van der Waals surface area contributed by atoms with Crippen LogP contribution in [0.1, 0.15) is 0 Å². The summed E-state index contributed by atoms with van der Waals surface area (Å²) >= 11 is 17.1. The highest BCUT2D eigenvalue weighted by molar-refractivity contribution is 9.10. The number of hydrogen-bond donors (Lipinski definition) is 4. The van der Waals surface area contributed by atoms with Crippen LogP contribution in [0.2, 0.25) is 0 Å². The van der Waals surface area contributed by atoms with E-state index in [9.17, 15) is 0 Å². The fourth-order valence-corrected chi connectivity index (χ4v) is 2.37. The molecule has 4 nitrogen and oxygen atoms in total. The zero-order valence-electron chi connectivity index (χ0n) is 11.2. The SMILES string of the molecule is S=C(NNC(=S)Nc1ccc(Br)cc1)Nc1ccc(Br)cc1. The quantitative estimate of drug-likeness (QED) is 0.394. The van der Waals surface area contributed by atoms with Gasteiger partial charge in [0.15, 0.2) is 10.2 Å². The summed E-state index contributed by atoms with van der Waals surface area (Å²) in [6.45, 7) is 0. The van der Waals surface area contributed by atoms with Crippen molar-refractivity contribution in [2.75, 3.05) is 10.6 Å². The number of anilines is 2. The minimum Gasteiger partial charge on any atom is -0.331 e. The summed E-state index contributed by atoms with van der Waals surface area (Å²) in [6, 6.07) is 15.4. The third kappa shape index (κ3) is 5.88. The molecule has 0 aliphatic rings. The summed E-state index contributed by atoms with van der Waals surface area (Å²) in [7, 11) is 0. The maximum atomic E-state index is 5.18. The molecule has 4 N–H and O–H groups in total. The first-order valence-electron chi connectivity index (χ1n) is 6.18. The number of hydrazine groups is 1. The van der Waals surface area contributed by atoms with E-state index in [4.69, 9.17) is 24.4 Å². The second-order valence-electron chi connectivity index (χ2n) is 4.17. The van der Waals surface area contributed by atoms with E-state index in [0.29, 0.717) is 10.2 Å². The van der Waals surface area contributed by atoms with Crippen LogP contribution >= 0.6 is 56.3 Å². The predicted octanol–water partition coefficient (Wildman–Crippen LogP) is 4.40. The summed E-state index contributed by atoms with van der Waals surface area (Å²) < 4.78 is 2.02. The molecule has 0 fully saturated rings. The first-order chi connectivity index (χ1) is 10.5. The highest BCUT2D eigenvalue weighted by Gasteiger charge is 2.00. The van der Waals surface area contributed by atoms with Gasteiger partial charge in [-0.1, -0.05) is 31.9 Å². The largest absolute Gasteiger partial charge is 0.331 e. The van der Waals surface area contributed by atoms with Crippen LogP contribution in [0.5, 0.6) is 0 Å². The van der Waals surface area contributed by atoms with E-state index in [-0.39, 0.29) is 0 Å². The van der Waals surface area contributed by atoms with Gasteiger partial charge in [0.1, 0.15) is 0 Å². The predicted molar refractivity (Wildman–Crippen MR) is 107 cm³/mol. The molecule has 0 aliphatic carbocycles. The van der Waals surface area contributed by atoms with Crippen molar-refractivity contribution in [1.29, 1.82) is 0 Å². The fourth-order valence-electron chi connectivity index (χ4n) is 1.50. The lowest BCUT2D eigenvalue weighted by Gasteiger charge is -2.14. The van der Waals surface area contributed by atoms with Gasteiger partial charge in [-0.3, -0.25) is 10.9 Å². The third-order valence-corrected chi connectivity index (χ3v) is 3.96. The molecule has 0 aromatic heterocycles. The fraction of sp³-hybridized carbons (Fsp3) is 0. The van der Waals surface area contributed by atoms with Crippen molar-refractivity contribution >= 4 is 77.9 Å². The molecule has 2 aromatic carbocycles. The highest BCUT2D eigenvalue weighted by Crippen LogP contribution is 2.14. The van der Waals surface area contributed by atoms with Gasteiger partial charge in [-0.25, -0.2) is 0 Å². The van der Waals surface area contributed by atoms with E-state index in [1.165, 1.54) is 0 Å². The molecule has 0 spiro atoms. The van der Waals surface area contributed by atoms with E-state index in [0.717, 1.165) is 20.3 Å². The van der Waals surface area contributed by atoms with Crippen LogP contribution in [0.25, 0.3) is 0 Å². The lowest BCUT2D eigenvalue weighted by atomic mass is 10.3. The Labute approximate surface area is 156 Å². The minimum absolute atomic E-state index is 0.419. The molecule has 0 saturated heterocycles. The number of benzene rings is 2. The second kappa shape index (κ2) is 8.42. The van der Waals surface area contributed by atoms with Gasteiger partial charge in [-0.05, 0) is 73.0 Å². The molecule has 0 radical (unpaired) electrons. The first kappa shape index (κ1) is 17.1. The molecular formula is C14H12Br2N4S2. The van der Waals surface area contributed by atoms with Crippen LogP contribution in [0.3, 0.4) is 0 Å². The maximum absolute atomic E-state index is 5.18. The van der Waals surface area contributed by atoms with Crippen LogP contribution in [-0.4, -0.2) is 10.2 Å². The lowest BCUT2D eigenvalue weighted by Crippen LogP contribution is -2.45. The monoisotopic (exact) mass is 458 g/mol. The smallest absolute Gasteiger partial charge is 0.189 e. The van der Waals surface area contributed by atoms with Gasteiger partial charge in [0.05, 0.1) is 0 Å². The molecule has 0 amide bonds. The average molecular weight is 460 g/mol. The first-order valence-corrected chi connectivity index (χ1v) is 8.58. The van der Waals surface area contributed by atoms with Crippen LogP contribution in [0, 0.1) is 0 Å². The van der Waals surface area contributed by atoms with E-state index in [1.54, 1.807) is 0 Å². The van der Waals surface area contributed by atoms with Crippen LogP contribution in [-0.2, 0) is 0 Å². The molecule has 0 unspecified atom stereocenters. The highest BCUT2D eigenvalue weighted by atomic mass is 79.9. The summed E-state index contributed by atoms with van der Waals surface area (Å²) in [5.74, 6) is 0. The van der Waals surface area contributed by atoms with Crippen molar-refractivity contribution in [2.24, 2.45) is 0 Å². The number of halogens is 2. The van der Waals surface area contributed by atoms with Gasteiger partial charge in [0.2, 0.25) is 0 Å². The topological polar surface area (TPSA) is 48.1 Å². The average Bonchev–Trinajstić information content (AvgIpc) is 2.50. The second-order valence-corrected chi connectivity index (χ2v) is 6.82. The van der Waals surface area contributed by atoms with Crippen LogP contribution in [0.15, 0.2) is 57.5 Å². The van der Waals surface area contributed by atoms with Crippen LogP contribution in [0.4, 0.5) is 11.4 Å². The standard InChI is InChI=1S/C14H12Br2N4S2/c15-9-1-5-11(6-2-9)17-13(21)19-20-14(22)18-12-7-3-10(16)4-8-12/h1-8H,(H2,17,19,21)(H2,18,20,22). The Morgan fingerprint density at radius 2 is 0.955 bits per heavy atom. The van der Waals surface area contributed by atoms with Crippen molar-refractivity contribution < 1.29 is 0 Å². The van der Waals surface area contributed by atoms with Gasteiger partial charge in [-0.15, -0.1) is 0 Å². The summed E-state index contributed by atoms with van der Waals surface area (Å²) in [4.78, 5) is 0. The van der Waals surface area contributed by atoms with Gasteiger partial charge >= 0.3 is 0 Å². The third-order valence-electron chi connectivity index (χ3n) is 2.49. The maximum Gasteiger partial charge on any atom is 0.189 e. The summed E-state index contributed by atoms with van der Waals surface area (Å²) in [5, 5.41) is 6.92. The Morgan fingerprint density at radius 1 is 0.636 bits per heavy atom. The van der Waals surface area contributed by atoms with Gasteiger partial charge in [-0.2, -0.15) is 0 Å². The molecule has 8 heteroatoms. The van der Waals surface area contributed by atoms with E-state index >= 15 is 0 Å². The molecule has 0 heterocycles. The molecule has 0 atom stereocenters. The Bertz CT molecular complexity index is 600. The van der Waals surface area contributed by atoms with Gasteiger partial charge in [0, 0.05) is 20.3 Å². The Kier molecular flexibility index (Phi) is 6.56. The molecule has 22 heavy (non-hydrogen) atoms. The molecule has 2 rings (SSSR count). The van der Waals surface area contributed by atoms with Crippen molar-refractivity contribution in [2.45, 2.75) is 0 Å². The van der Waals surface area contributed by atoms with Gasteiger partial charge in [0.25, 0.3) is 0 Å². The number of rotatable bonds is 2. The number of thiocarbonyl (C=S) groups is 2. The molecule has 0 saturated carbocycles. The minimum atomic E-state index is 0.419. The molecule has 0 bridgehead atoms. The normalized spacial score (nSPS) is 9.73. The van der Waals surface area contributed by atoms with Crippen molar-refractivity contribution in [3.63, 3.8) is 0 Å². The van der Waals surface area contributed by atoms with E-state index in [2.05, 4.69) is 53.3 Å². The van der Waals surface area contributed by atoms with Crippen molar-refractivity contribution in [3.8, 4) is 0 Å².